The molecule has 110 valence electrons. The Morgan fingerprint density at radius 1 is 1.16 bits per heavy atom. The highest BCUT2D eigenvalue weighted by Gasteiger charge is 2.10. The molecule has 3 N–H and O–H groups in total. The first kappa shape index (κ1) is 17.2. The Bertz CT molecular complexity index is 318. The van der Waals surface area contributed by atoms with E-state index in [0.29, 0.717) is 19.4 Å². The molecule has 0 aliphatic rings. The van der Waals surface area contributed by atoms with Crippen molar-refractivity contribution in [1.29, 1.82) is 0 Å². The van der Waals surface area contributed by atoms with E-state index in [2.05, 4.69) is 10.6 Å². The molecule has 0 aliphatic carbocycles. The maximum absolute atomic E-state index is 11.3. The molecule has 0 saturated heterocycles. The average Bonchev–Trinajstić information content (AvgIpc) is 2.33. The third-order valence-electron chi connectivity index (χ3n) is 2.64. The highest BCUT2D eigenvalue weighted by atomic mass is 16.4. The number of nitrogens with zero attached hydrogens (tertiary/aromatic N) is 1. The molecule has 0 fully saturated rings. The van der Waals surface area contributed by atoms with Crippen molar-refractivity contribution in [2.75, 3.05) is 27.2 Å². The molecule has 19 heavy (non-hydrogen) atoms. The number of urea groups is 1. The molecule has 0 saturated carbocycles. The summed E-state index contributed by atoms with van der Waals surface area (Å²) >= 11 is 0. The normalized spacial score (nSPS) is 11.5. The summed E-state index contributed by atoms with van der Waals surface area (Å²) in [6.45, 7) is 2.34. The van der Waals surface area contributed by atoms with Gasteiger partial charge in [-0.15, -0.1) is 0 Å². The predicted octanol–water partition coefficient (Wildman–Crippen LogP) is 0.265. The highest BCUT2D eigenvalue weighted by Crippen LogP contribution is 2.03. The van der Waals surface area contributed by atoms with Gasteiger partial charge in [0.15, 0.2) is 0 Å². The summed E-state index contributed by atoms with van der Waals surface area (Å²) < 4.78 is 0. The van der Waals surface area contributed by atoms with Gasteiger partial charge in [-0.25, -0.2) is 4.79 Å². The first-order valence-corrected chi connectivity index (χ1v) is 6.29. The number of hydrogen-bond acceptors (Lipinski definition) is 3. The summed E-state index contributed by atoms with van der Waals surface area (Å²) in [6, 6.07) is -0.338. The Labute approximate surface area is 113 Å². The average molecular weight is 273 g/mol. The molecule has 0 rings (SSSR count). The van der Waals surface area contributed by atoms with E-state index in [-0.39, 0.29) is 24.9 Å². The number of amides is 3. The van der Waals surface area contributed by atoms with Crippen LogP contribution in [-0.4, -0.2) is 55.1 Å². The minimum Gasteiger partial charge on any atom is -0.481 e. The number of aliphatic carboxylic acids is 1. The molecule has 1 unspecified atom stereocenters. The van der Waals surface area contributed by atoms with Gasteiger partial charge < -0.3 is 20.6 Å². The van der Waals surface area contributed by atoms with Crippen molar-refractivity contribution in [3.05, 3.63) is 0 Å². The van der Waals surface area contributed by atoms with Crippen LogP contribution in [0.5, 0.6) is 0 Å². The molecule has 0 bridgehead atoms. The Hall–Kier alpha value is -1.79. The molecule has 0 aromatic heterocycles. The van der Waals surface area contributed by atoms with Crippen LogP contribution in [-0.2, 0) is 9.59 Å². The van der Waals surface area contributed by atoms with Crippen molar-refractivity contribution in [1.82, 2.24) is 15.5 Å². The number of rotatable bonds is 8. The highest BCUT2D eigenvalue weighted by molar-refractivity contribution is 5.77. The van der Waals surface area contributed by atoms with E-state index in [1.54, 1.807) is 21.0 Å². The van der Waals surface area contributed by atoms with Crippen LogP contribution in [0.1, 0.15) is 26.2 Å². The van der Waals surface area contributed by atoms with E-state index in [9.17, 15) is 14.4 Å². The molecular weight excluding hydrogens is 250 g/mol. The third kappa shape index (κ3) is 8.87. The first-order valence-electron chi connectivity index (χ1n) is 6.29. The molecule has 0 spiro atoms. The summed E-state index contributed by atoms with van der Waals surface area (Å²) in [5.74, 6) is -1.27. The standard InChI is InChI=1S/C12H23N3O4/c1-9(11(17)18)5-4-7-13-12(19)14-8-6-10(16)15(2)3/h9H,4-8H2,1-3H3,(H,17,18)(H2,13,14,19). The number of carboxylic acids is 1. The molecule has 7 heteroatoms. The van der Waals surface area contributed by atoms with Crippen molar-refractivity contribution in [3.8, 4) is 0 Å². The van der Waals surface area contributed by atoms with Gasteiger partial charge in [0.05, 0.1) is 5.92 Å². The van der Waals surface area contributed by atoms with Crippen LogP contribution in [0, 0.1) is 5.92 Å². The van der Waals surface area contributed by atoms with Gasteiger partial charge in [-0.3, -0.25) is 9.59 Å². The number of carboxylic acid groups (broad SMARTS) is 1. The van der Waals surface area contributed by atoms with E-state index in [0.717, 1.165) is 0 Å². The predicted molar refractivity (Wildman–Crippen MR) is 70.7 cm³/mol. The number of carbonyl (C=O) groups is 3. The SMILES string of the molecule is CC(CCCNC(=O)NCCC(=O)N(C)C)C(=O)O. The lowest BCUT2D eigenvalue weighted by atomic mass is 10.1. The molecule has 1 atom stereocenters. The monoisotopic (exact) mass is 273 g/mol. The zero-order valence-corrected chi connectivity index (χ0v) is 11.7. The van der Waals surface area contributed by atoms with Crippen LogP contribution in [0.15, 0.2) is 0 Å². The quantitative estimate of drug-likeness (QED) is 0.553. The van der Waals surface area contributed by atoms with Gasteiger partial charge in [0.1, 0.15) is 0 Å². The lowest BCUT2D eigenvalue weighted by Gasteiger charge is -2.11. The molecule has 0 aromatic carbocycles. The van der Waals surface area contributed by atoms with Gasteiger partial charge in [0, 0.05) is 33.6 Å². The van der Waals surface area contributed by atoms with E-state index in [1.165, 1.54) is 4.90 Å². The topological polar surface area (TPSA) is 98.7 Å². The maximum Gasteiger partial charge on any atom is 0.314 e. The second-order valence-corrected chi connectivity index (χ2v) is 4.60. The Balaban J connectivity index is 3.55. The van der Waals surface area contributed by atoms with Crippen molar-refractivity contribution >= 4 is 17.9 Å². The van der Waals surface area contributed by atoms with Gasteiger partial charge in [0.25, 0.3) is 0 Å². The van der Waals surface area contributed by atoms with Crippen molar-refractivity contribution < 1.29 is 19.5 Å². The molecular formula is C12H23N3O4. The fraction of sp³-hybridized carbons (Fsp3) is 0.750. The van der Waals surface area contributed by atoms with Gasteiger partial charge in [-0.2, -0.15) is 0 Å². The molecule has 0 aromatic rings. The zero-order valence-electron chi connectivity index (χ0n) is 11.7. The molecule has 7 nitrogen and oxygen atoms in total. The van der Waals surface area contributed by atoms with Crippen LogP contribution in [0.3, 0.4) is 0 Å². The molecule has 0 heterocycles. The fourth-order valence-electron chi connectivity index (χ4n) is 1.30. The number of hydrogen-bond donors (Lipinski definition) is 3. The summed E-state index contributed by atoms with van der Waals surface area (Å²) in [5.41, 5.74) is 0. The lowest BCUT2D eigenvalue weighted by Crippen LogP contribution is -2.38. The minimum absolute atomic E-state index is 0.0458. The summed E-state index contributed by atoms with van der Waals surface area (Å²) in [6.07, 6.45) is 1.39. The largest absolute Gasteiger partial charge is 0.481 e. The smallest absolute Gasteiger partial charge is 0.314 e. The number of carbonyl (C=O) groups excluding carboxylic acids is 2. The van der Waals surface area contributed by atoms with E-state index < -0.39 is 11.9 Å². The maximum atomic E-state index is 11.3. The Morgan fingerprint density at radius 3 is 2.26 bits per heavy atom. The van der Waals surface area contributed by atoms with Crippen molar-refractivity contribution in [2.24, 2.45) is 5.92 Å². The van der Waals surface area contributed by atoms with Gasteiger partial charge in [0.2, 0.25) is 5.91 Å². The Kier molecular flexibility index (Phi) is 8.32. The first-order chi connectivity index (χ1) is 8.84. The van der Waals surface area contributed by atoms with Gasteiger partial charge in [-0.05, 0) is 12.8 Å². The second-order valence-electron chi connectivity index (χ2n) is 4.60. The summed E-state index contributed by atoms with van der Waals surface area (Å²) in [5, 5.41) is 13.8. The van der Waals surface area contributed by atoms with Crippen LogP contribution in [0.2, 0.25) is 0 Å². The Morgan fingerprint density at radius 2 is 1.74 bits per heavy atom. The summed E-state index contributed by atoms with van der Waals surface area (Å²) in [7, 11) is 3.32. The van der Waals surface area contributed by atoms with Crippen molar-refractivity contribution in [3.63, 3.8) is 0 Å². The van der Waals surface area contributed by atoms with E-state index in [4.69, 9.17) is 5.11 Å². The zero-order chi connectivity index (χ0) is 14.8. The summed E-state index contributed by atoms with van der Waals surface area (Å²) in [4.78, 5) is 34.5. The van der Waals surface area contributed by atoms with E-state index in [1.807, 2.05) is 0 Å². The van der Waals surface area contributed by atoms with Crippen molar-refractivity contribution in [2.45, 2.75) is 26.2 Å². The van der Waals surface area contributed by atoms with Gasteiger partial charge >= 0.3 is 12.0 Å². The minimum atomic E-state index is -0.827. The van der Waals surface area contributed by atoms with Crippen LogP contribution >= 0.6 is 0 Å². The lowest BCUT2D eigenvalue weighted by molar-refractivity contribution is -0.141. The van der Waals surface area contributed by atoms with Crippen LogP contribution in [0.25, 0.3) is 0 Å². The van der Waals surface area contributed by atoms with E-state index >= 15 is 0 Å². The molecule has 0 radical (unpaired) electrons. The second kappa shape index (κ2) is 9.18. The van der Waals surface area contributed by atoms with Crippen LogP contribution in [0.4, 0.5) is 4.79 Å². The molecule has 3 amide bonds. The molecule has 0 aliphatic heterocycles. The third-order valence-corrected chi connectivity index (χ3v) is 2.64. The van der Waals surface area contributed by atoms with Crippen LogP contribution < -0.4 is 10.6 Å². The van der Waals surface area contributed by atoms with Gasteiger partial charge in [-0.1, -0.05) is 6.92 Å². The number of nitrogens with one attached hydrogen (secondary N) is 2. The fourth-order valence-corrected chi connectivity index (χ4v) is 1.30.